The third kappa shape index (κ3) is 3.84. The second-order valence-corrected chi connectivity index (χ2v) is 8.41. The first kappa shape index (κ1) is 20.2. The van der Waals surface area contributed by atoms with E-state index in [0.717, 1.165) is 48.6 Å². The Bertz CT molecular complexity index is 1110. The number of para-hydroxylation sites is 1. The van der Waals surface area contributed by atoms with Gasteiger partial charge in [-0.05, 0) is 43.9 Å². The van der Waals surface area contributed by atoms with Crippen LogP contribution in [0.1, 0.15) is 36.0 Å². The van der Waals surface area contributed by atoms with Crippen LogP contribution in [0.25, 0.3) is 0 Å². The van der Waals surface area contributed by atoms with Gasteiger partial charge in [0.25, 0.3) is 5.91 Å². The van der Waals surface area contributed by atoms with E-state index in [1.165, 1.54) is 0 Å². The fraction of sp³-hybridized carbons (Fsp3) is 0.333. The van der Waals surface area contributed by atoms with Crippen LogP contribution in [0.3, 0.4) is 0 Å². The summed E-state index contributed by atoms with van der Waals surface area (Å²) in [6, 6.07) is 12.3. The molecule has 0 bridgehead atoms. The van der Waals surface area contributed by atoms with Crippen LogP contribution in [0.4, 0.5) is 28.8 Å². The topological polar surface area (TPSA) is 86.3 Å². The van der Waals surface area contributed by atoms with Gasteiger partial charge in [-0.3, -0.25) is 4.79 Å². The number of carbonyl (C=O) groups excluding carboxylic acids is 1. The molecule has 1 aromatic carbocycles. The summed E-state index contributed by atoms with van der Waals surface area (Å²) in [7, 11) is 3.80. The molecule has 8 heteroatoms. The van der Waals surface area contributed by atoms with Crippen molar-refractivity contribution < 1.29 is 4.79 Å². The molecular weight excluding hydrogens is 402 g/mol. The summed E-state index contributed by atoms with van der Waals surface area (Å²) in [5.74, 6) is 1.50. The summed E-state index contributed by atoms with van der Waals surface area (Å²) in [4.78, 5) is 29.9. The number of pyridine rings is 1. The van der Waals surface area contributed by atoms with Crippen molar-refractivity contribution in [1.82, 2.24) is 15.0 Å². The number of rotatable bonds is 4. The summed E-state index contributed by atoms with van der Waals surface area (Å²) < 4.78 is 0. The second-order valence-electron chi connectivity index (χ2n) is 8.41. The van der Waals surface area contributed by atoms with E-state index in [1.54, 1.807) is 30.5 Å². The van der Waals surface area contributed by atoms with Gasteiger partial charge in [-0.15, -0.1) is 0 Å². The van der Waals surface area contributed by atoms with Crippen LogP contribution in [0.15, 0.2) is 55.0 Å². The minimum Gasteiger partial charge on any atom is -0.367 e. The van der Waals surface area contributed by atoms with E-state index in [4.69, 9.17) is 0 Å². The predicted molar refractivity (Wildman–Crippen MR) is 127 cm³/mol. The number of carbonyl (C=O) groups is 1. The summed E-state index contributed by atoms with van der Waals surface area (Å²) in [5.41, 5.74) is 3.35. The van der Waals surface area contributed by atoms with E-state index in [-0.39, 0.29) is 5.91 Å². The van der Waals surface area contributed by atoms with Gasteiger partial charge in [0.1, 0.15) is 5.82 Å². The third-order valence-corrected chi connectivity index (χ3v) is 6.36. The molecule has 1 aliphatic carbocycles. The molecule has 1 aliphatic heterocycles. The zero-order chi connectivity index (χ0) is 22.1. The minimum absolute atomic E-state index is 0.0260. The monoisotopic (exact) mass is 429 g/mol. The summed E-state index contributed by atoms with van der Waals surface area (Å²) >= 11 is 0. The average molecular weight is 430 g/mol. The van der Waals surface area contributed by atoms with Crippen LogP contribution >= 0.6 is 0 Å². The summed E-state index contributed by atoms with van der Waals surface area (Å²) in [6.07, 6.45) is 9.48. The Labute approximate surface area is 187 Å². The number of nitrogens with one attached hydrogen (secondary N) is 2. The van der Waals surface area contributed by atoms with Crippen molar-refractivity contribution in [3.8, 4) is 0 Å². The maximum Gasteiger partial charge on any atom is 0.260 e. The minimum atomic E-state index is -0.0260. The normalized spacial score (nSPS) is 20.2. The molecule has 164 valence electrons. The Morgan fingerprint density at radius 1 is 0.812 bits per heavy atom. The molecular formula is C24H27N7O. The molecule has 0 radical (unpaired) electrons. The van der Waals surface area contributed by atoms with Crippen molar-refractivity contribution >= 4 is 34.7 Å². The molecule has 5 rings (SSSR count). The predicted octanol–water partition coefficient (Wildman–Crippen LogP) is 4.06. The molecule has 1 saturated carbocycles. The van der Waals surface area contributed by atoms with E-state index >= 15 is 0 Å². The van der Waals surface area contributed by atoms with Crippen molar-refractivity contribution in [3.63, 3.8) is 0 Å². The first-order chi connectivity index (χ1) is 15.6. The van der Waals surface area contributed by atoms with Crippen LogP contribution in [0.2, 0.25) is 0 Å². The van der Waals surface area contributed by atoms with Gasteiger partial charge in [0, 0.05) is 44.6 Å². The van der Waals surface area contributed by atoms with Gasteiger partial charge in [-0.25, -0.2) is 15.0 Å². The molecule has 2 aromatic heterocycles. The van der Waals surface area contributed by atoms with Gasteiger partial charge in [-0.2, -0.15) is 0 Å². The number of fused-ring (bicyclic) bond motifs is 2. The van der Waals surface area contributed by atoms with Crippen LogP contribution in [-0.4, -0.2) is 47.0 Å². The Balaban J connectivity index is 1.30. The molecule has 3 aromatic rings. The molecule has 2 aliphatic rings. The molecule has 32 heavy (non-hydrogen) atoms. The highest BCUT2D eigenvalue weighted by Crippen LogP contribution is 2.40. The van der Waals surface area contributed by atoms with Crippen molar-refractivity contribution in [2.45, 2.75) is 37.8 Å². The van der Waals surface area contributed by atoms with Crippen molar-refractivity contribution in [1.29, 1.82) is 0 Å². The lowest BCUT2D eigenvalue weighted by Gasteiger charge is -2.30. The number of hydrogen-bond acceptors (Lipinski definition) is 7. The SMILES string of the molecule is CN1C(=O)c2ccccc2N(C)c2cc(NC3CCC(Nc4ncccn4)CC3)ncc21. The molecule has 0 saturated heterocycles. The van der Waals surface area contributed by atoms with Crippen molar-refractivity contribution in [2.24, 2.45) is 0 Å². The van der Waals surface area contributed by atoms with Gasteiger partial charge in [-0.1, -0.05) is 12.1 Å². The molecule has 3 heterocycles. The summed E-state index contributed by atoms with van der Waals surface area (Å²) in [6.45, 7) is 0. The smallest absolute Gasteiger partial charge is 0.260 e. The molecule has 1 amide bonds. The lowest BCUT2D eigenvalue weighted by atomic mass is 9.91. The average Bonchev–Trinajstić information content (AvgIpc) is 2.91. The van der Waals surface area contributed by atoms with Crippen LogP contribution in [0, 0.1) is 0 Å². The lowest BCUT2D eigenvalue weighted by molar-refractivity contribution is 0.0994. The van der Waals surface area contributed by atoms with E-state index in [0.29, 0.717) is 23.6 Å². The quantitative estimate of drug-likeness (QED) is 0.647. The van der Waals surface area contributed by atoms with E-state index < -0.39 is 0 Å². The van der Waals surface area contributed by atoms with Crippen molar-refractivity contribution in [2.75, 3.05) is 34.5 Å². The molecule has 0 spiro atoms. The van der Waals surface area contributed by atoms with Gasteiger partial charge in [0.15, 0.2) is 0 Å². The van der Waals surface area contributed by atoms with Gasteiger partial charge in [0.2, 0.25) is 5.95 Å². The van der Waals surface area contributed by atoms with Crippen LogP contribution in [0.5, 0.6) is 0 Å². The van der Waals surface area contributed by atoms with Crippen LogP contribution < -0.4 is 20.4 Å². The Hall–Kier alpha value is -3.68. The van der Waals surface area contributed by atoms with Crippen LogP contribution in [-0.2, 0) is 0 Å². The molecule has 0 atom stereocenters. The van der Waals surface area contributed by atoms with E-state index in [9.17, 15) is 4.79 Å². The first-order valence-corrected chi connectivity index (χ1v) is 11.0. The highest BCUT2D eigenvalue weighted by Gasteiger charge is 2.28. The highest BCUT2D eigenvalue weighted by atomic mass is 16.2. The lowest BCUT2D eigenvalue weighted by Crippen LogP contribution is -2.33. The summed E-state index contributed by atoms with van der Waals surface area (Å²) in [5, 5.41) is 7.03. The largest absolute Gasteiger partial charge is 0.367 e. The van der Waals surface area contributed by atoms with Crippen molar-refractivity contribution in [3.05, 3.63) is 60.6 Å². The third-order valence-electron chi connectivity index (χ3n) is 6.36. The molecule has 2 N–H and O–H groups in total. The second kappa shape index (κ2) is 8.45. The zero-order valence-corrected chi connectivity index (χ0v) is 18.3. The molecule has 0 unspecified atom stereocenters. The Morgan fingerprint density at radius 3 is 2.25 bits per heavy atom. The fourth-order valence-corrected chi connectivity index (χ4v) is 4.56. The number of anilines is 5. The zero-order valence-electron chi connectivity index (χ0n) is 18.3. The number of nitrogens with zero attached hydrogens (tertiary/aromatic N) is 5. The number of aromatic nitrogens is 3. The maximum absolute atomic E-state index is 12.9. The number of benzene rings is 1. The van der Waals surface area contributed by atoms with Gasteiger partial charge >= 0.3 is 0 Å². The first-order valence-electron chi connectivity index (χ1n) is 11.0. The Kier molecular flexibility index (Phi) is 5.34. The fourth-order valence-electron chi connectivity index (χ4n) is 4.56. The van der Waals surface area contributed by atoms with E-state index in [2.05, 4.69) is 30.5 Å². The number of amides is 1. The Morgan fingerprint density at radius 2 is 1.50 bits per heavy atom. The molecule has 1 fully saturated rings. The van der Waals surface area contributed by atoms with E-state index in [1.807, 2.05) is 43.4 Å². The van der Waals surface area contributed by atoms with Gasteiger partial charge < -0.3 is 20.4 Å². The number of hydrogen-bond donors (Lipinski definition) is 2. The maximum atomic E-state index is 12.9. The molecule has 8 nitrogen and oxygen atoms in total. The standard InChI is InChI=1S/C24H27N7O/c1-30-19-7-4-3-6-18(19)23(32)31(2)21-15-27-22(14-20(21)30)28-16-8-10-17(11-9-16)29-24-25-12-5-13-26-24/h3-7,12-17H,8-11H2,1-2H3,(H,27,28)(H,25,26,29). The highest BCUT2D eigenvalue weighted by molar-refractivity contribution is 6.13. The van der Waals surface area contributed by atoms with Gasteiger partial charge in [0.05, 0.1) is 28.8 Å².